The lowest BCUT2D eigenvalue weighted by atomic mass is 10.1. The van der Waals surface area contributed by atoms with Gasteiger partial charge in [0.05, 0.1) is 6.07 Å². The number of ketones is 1. The molecular formula is C19H16N2O4. The standard InChI is InChI=1S/C19H16N2O4/c1-13(22)15-8-5-9-16(10-15)20-19(23)17-11-18(21-25-17)24-12-14-6-3-2-4-7-14/h2-11H,12H2,1H3,(H,20,23). The van der Waals surface area contributed by atoms with Crippen molar-refractivity contribution >= 4 is 17.4 Å². The molecule has 6 nitrogen and oxygen atoms in total. The van der Waals surface area contributed by atoms with E-state index in [9.17, 15) is 9.59 Å². The SMILES string of the molecule is CC(=O)c1cccc(NC(=O)c2cc(OCc3ccccc3)no2)c1. The van der Waals surface area contributed by atoms with Crippen molar-refractivity contribution in [2.24, 2.45) is 0 Å². The first-order valence-corrected chi connectivity index (χ1v) is 7.67. The lowest BCUT2D eigenvalue weighted by Gasteiger charge is -2.03. The van der Waals surface area contributed by atoms with Gasteiger partial charge in [-0.15, -0.1) is 0 Å². The third-order valence-corrected chi connectivity index (χ3v) is 3.47. The van der Waals surface area contributed by atoms with Gasteiger partial charge in [0.2, 0.25) is 5.76 Å². The van der Waals surface area contributed by atoms with E-state index < -0.39 is 5.91 Å². The smallest absolute Gasteiger partial charge is 0.294 e. The fraction of sp³-hybridized carbons (Fsp3) is 0.105. The van der Waals surface area contributed by atoms with E-state index in [2.05, 4.69) is 10.5 Å². The summed E-state index contributed by atoms with van der Waals surface area (Å²) in [5, 5.41) is 6.39. The molecule has 0 radical (unpaired) electrons. The highest BCUT2D eigenvalue weighted by Crippen LogP contribution is 2.16. The number of benzene rings is 2. The summed E-state index contributed by atoms with van der Waals surface area (Å²) in [7, 11) is 0. The van der Waals surface area contributed by atoms with Crippen LogP contribution in [0.5, 0.6) is 5.88 Å². The number of ether oxygens (including phenoxy) is 1. The van der Waals surface area contributed by atoms with Crippen LogP contribution >= 0.6 is 0 Å². The minimum Gasteiger partial charge on any atom is -0.471 e. The normalized spacial score (nSPS) is 10.3. The number of Topliss-reactive ketones (excluding diaryl/α,β-unsaturated/α-hetero) is 1. The van der Waals surface area contributed by atoms with Gasteiger partial charge >= 0.3 is 0 Å². The molecule has 3 rings (SSSR count). The molecule has 0 unspecified atom stereocenters. The Balaban J connectivity index is 1.62. The summed E-state index contributed by atoms with van der Waals surface area (Å²) >= 11 is 0. The summed E-state index contributed by atoms with van der Waals surface area (Å²) in [5.41, 5.74) is 2.00. The molecule has 0 aliphatic carbocycles. The average molecular weight is 336 g/mol. The Morgan fingerprint density at radius 1 is 1.08 bits per heavy atom. The molecule has 0 saturated carbocycles. The fourth-order valence-electron chi connectivity index (χ4n) is 2.17. The third kappa shape index (κ3) is 4.32. The molecule has 3 aromatic rings. The van der Waals surface area contributed by atoms with E-state index in [1.54, 1.807) is 24.3 Å². The first kappa shape index (κ1) is 16.4. The number of amides is 1. The maximum atomic E-state index is 12.2. The van der Waals surface area contributed by atoms with Crippen molar-refractivity contribution in [3.05, 3.63) is 77.6 Å². The second-order valence-corrected chi connectivity index (χ2v) is 5.39. The van der Waals surface area contributed by atoms with Gasteiger partial charge < -0.3 is 14.6 Å². The molecule has 1 heterocycles. The van der Waals surface area contributed by atoms with Gasteiger partial charge in [0.1, 0.15) is 6.61 Å². The zero-order chi connectivity index (χ0) is 17.6. The molecule has 6 heteroatoms. The summed E-state index contributed by atoms with van der Waals surface area (Å²) in [4.78, 5) is 23.6. The van der Waals surface area contributed by atoms with E-state index in [1.165, 1.54) is 13.0 Å². The quantitative estimate of drug-likeness (QED) is 0.694. The molecule has 126 valence electrons. The van der Waals surface area contributed by atoms with Crippen molar-refractivity contribution in [1.82, 2.24) is 5.16 Å². The Hall–Kier alpha value is -3.41. The number of aromatic nitrogens is 1. The van der Waals surface area contributed by atoms with Gasteiger partial charge in [-0.2, -0.15) is 0 Å². The molecule has 0 aliphatic heterocycles. The van der Waals surface area contributed by atoms with Gasteiger partial charge in [0.25, 0.3) is 11.8 Å². The number of carbonyl (C=O) groups excluding carboxylic acids is 2. The third-order valence-electron chi connectivity index (χ3n) is 3.47. The highest BCUT2D eigenvalue weighted by molar-refractivity contribution is 6.03. The van der Waals surface area contributed by atoms with E-state index in [4.69, 9.17) is 9.26 Å². The maximum absolute atomic E-state index is 12.2. The van der Waals surface area contributed by atoms with Crippen LogP contribution in [-0.4, -0.2) is 16.8 Å². The zero-order valence-electron chi connectivity index (χ0n) is 13.6. The summed E-state index contributed by atoms with van der Waals surface area (Å²) < 4.78 is 10.5. The van der Waals surface area contributed by atoms with Crippen molar-refractivity contribution < 1.29 is 18.8 Å². The van der Waals surface area contributed by atoms with Crippen molar-refractivity contribution in [3.8, 4) is 5.88 Å². The molecule has 0 bridgehead atoms. The van der Waals surface area contributed by atoms with E-state index >= 15 is 0 Å². The van der Waals surface area contributed by atoms with Crippen LogP contribution in [0.25, 0.3) is 0 Å². The lowest BCUT2D eigenvalue weighted by Crippen LogP contribution is -2.11. The Kier molecular flexibility index (Phi) is 4.89. The van der Waals surface area contributed by atoms with E-state index in [0.717, 1.165) is 5.56 Å². The largest absolute Gasteiger partial charge is 0.471 e. The molecule has 0 fully saturated rings. The average Bonchev–Trinajstić information content (AvgIpc) is 3.10. The van der Waals surface area contributed by atoms with Gasteiger partial charge in [-0.05, 0) is 29.8 Å². The van der Waals surface area contributed by atoms with Crippen LogP contribution in [-0.2, 0) is 6.61 Å². The van der Waals surface area contributed by atoms with Crippen LogP contribution in [0.3, 0.4) is 0 Å². The zero-order valence-corrected chi connectivity index (χ0v) is 13.6. The van der Waals surface area contributed by atoms with Crippen LogP contribution in [0.1, 0.15) is 33.4 Å². The minimum atomic E-state index is -0.470. The molecule has 2 aromatic carbocycles. The summed E-state index contributed by atoms with van der Waals surface area (Å²) in [6.07, 6.45) is 0. The molecular weight excluding hydrogens is 320 g/mol. The van der Waals surface area contributed by atoms with E-state index in [0.29, 0.717) is 17.9 Å². The number of nitrogens with one attached hydrogen (secondary N) is 1. The van der Waals surface area contributed by atoms with Gasteiger partial charge in [-0.3, -0.25) is 9.59 Å². The van der Waals surface area contributed by atoms with Gasteiger partial charge in [-0.25, -0.2) is 0 Å². The van der Waals surface area contributed by atoms with E-state index in [1.807, 2.05) is 30.3 Å². The Bertz CT molecular complexity index is 887. The summed E-state index contributed by atoms with van der Waals surface area (Å²) in [6, 6.07) is 17.7. The molecule has 1 N–H and O–H groups in total. The molecule has 0 spiro atoms. The fourth-order valence-corrected chi connectivity index (χ4v) is 2.17. The number of anilines is 1. The number of hydrogen-bond acceptors (Lipinski definition) is 5. The molecule has 0 saturated heterocycles. The Morgan fingerprint density at radius 2 is 1.88 bits per heavy atom. The molecule has 0 aliphatic rings. The van der Waals surface area contributed by atoms with Gasteiger partial charge in [0, 0.05) is 11.3 Å². The van der Waals surface area contributed by atoms with Crippen LogP contribution < -0.4 is 10.1 Å². The predicted molar refractivity (Wildman–Crippen MR) is 91.7 cm³/mol. The topological polar surface area (TPSA) is 81.4 Å². The summed E-state index contributed by atoms with van der Waals surface area (Å²) in [6.45, 7) is 1.79. The molecule has 0 atom stereocenters. The Morgan fingerprint density at radius 3 is 2.64 bits per heavy atom. The summed E-state index contributed by atoms with van der Waals surface area (Å²) in [5.74, 6) is -0.294. The number of hydrogen-bond donors (Lipinski definition) is 1. The van der Waals surface area contributed by atoms with Gasteiger partial charge in [0.15, 0.2) is 5.78 Å². The first-order chi connectivity index (χ1) is 12.1. The number of rotatable bonds is 6. The first-order valence-electron chi connectivity index (χ1n) is 7.67. The molecule has 1 aromatic heterocycles. The lowest BCUT2D eigenvalue weighted by molar-refractivity contribution is 0.0984. The van der Waals surface area contributed by atoms with E-state index in [-0.39, 0.29) is 17.4 Å². The van der Waals surface area contributed by atoms with Crippen molar-refractivity contribution in [3.63, 3.8) is 0 Å². The maximum Gasteiger partial charge on any atom is 0.294 e. The Labute approximate surface area is 144 Å². The van der Waals surface area contributed by atoms with Gasteiger partial charge in [-0.1, -0.05) is 42.5 Å². The molecule has 25 heavy (non-hydrogen) atoms. The molecule has 1 amide bonds. The predicted octanol–water partition coefficient (Wildman–Crippen LogP) is 3.71. The van der Waals surface area contributed by atoms with Crippen molar-refractivity contribution in [1.29, 1.82) is 0 Å². The minimum absolute atomic E-state index is 0.0243. The van der Waals surface area contributed by atoms with Crippen LogP contribution in [0.4, 0.5) is 5.69 Å². The highest BCUT2D eigenvalue weighted by Gasteiger charge is 2.14. The highest BCUT2D eigenvalue weighted by atomic mass is 16.5. The second kappa shape index (κ2) is 7.44. The monoisotopic (exact) mass is 336 g/mol. The van der Waals surface area contributed by atoms with Crippen LogP contribution in [0.2, 0.25) is 0 Å². The van der Waals surface area contributed by atoms with Crippen molar-refractivity contribution in [2.75, 3.05) is 5.32 Å². The number of nitrogens with zero attached hydrogens (tertiary/aromatic N) is 1. The van der Waals surface area contributed by atoms with Crippen molar-refractivity contribution in [2.45, 2.75) is 13.5 Å². The number of carbonyl (C=O) groups is 2. The second-order valence-electron chi connectivity index (χ2n) is 5.39. The van der Waals surface area contributed by atoms with Crippen LogP contribution in [0.15, 0.2) is 65.2 Å². The van der Waals surface area contributed by atoms with Crippen LogP contribution in [0, 0.1) is 0 Å².